The molecule has 2 aromatic rings. The van der Waals surface area contributed by atoms with Gasteiger partial charge < -0.3 is 4.74 Å². The summed E-state index contributed by atoms with van der Waals surface area (Å²) in [4.78, 5) is 0. The Labute approximate surface area is 121 Å². The molecule has 0 aromatic heterocycles. The van der Waals surface area contributed by atoms with Gasteiger partial charge >= 0.3 is 0 Å². The van der Waals surface area contributed by atoms with Gasteiger partial charge in [-0.2, -0.15) is 0 Å². The summed E-state index contributed by atoms with van der Waals surface area (Å²) in [6, 6.07) is 13.8. The Bertz CT molecular complexity index is 540. The standard InChI is InChI=1S/C15H14BrClO/c1-2-11-9-13(7-8-15(11)17)18-10-12-5-3-4-6-14(12)16/h3-9H,2,10H2,1H3. The molecule has 0 spiro atoms. The molecule has 94 valence electrons. The lowest BCUT2D eigenvalue weighted by Gasteiger charge is -2.09. The summed E-state index contributed by atoms with van der Waals surface area (Å²) in [6.45, 7) is 2.63. The molecule has 1 nitrogen and oxygen atoms in total. The lowest BCUT2D eigenvalue weighted by molar-refractivity contribution is 0.305. The Balaban J connectivity index is 2.09. The zero-order valence-electron chi connectivity index (χ0n) is 10.1. The first-order chi connectivity index (χ1) is 8.70. The maximum absolute atomic E-state index is 6.08. The predicted molar refractivity (Wildman–Crippen MR) is 79.3 cm³/mol. The SMILES string of the molecule is CCc1cc(OCc2ccccc2Br)ccc1Cl. The second kappa shape index (κ2) is 6.26. The molecule has 3 heteroatoms. The van der Waals surface area contributed by atoms with Crippen LogP contribution in [0.5, 0.6) is 5.75 Å². The first-order valence-corrected chi connectivity index (χ1v) is 7.02. The number of hydrogen-bond donors (Lipinski definition) is 0. The molecule has 0 heterocycles. The van der Waals surface area contributed by atoms with Crippen molar-refractivity contribution in [3.63, 3.8) is 0 Å². The molecule has 0 aliphatic heterocycles. The molecule has 2 aromatic carbocycles. The fraction of sp³-hybridized carbons (Fsp3) is 0.200. The molecule has 0 fully saturated rings. The van der Waals surface area contributed by atoms with Crippen molar-refractivity contribution in [2.24, 2.45) is 0 Å². The van der Waals surface area contributed by atoms with Crippen molar-refractivity contribution < 1.29 is 4.74 Å². The van der Waals surface area contributed by atoms with Crippen LogP contribution in [0.4, 0.5) is 0 Å². The molecule has 18 heavy (non-hydrogen) atoms. The Morgan fingerprint density at radius 2 is 1.89 bits per heavy atom. The van der Waals surface area contributed by atoms with Gasteiger partial charge in [0.1, 0.15) is 12.4 Å². The van der Waals surface area contributed by atoms with E-state index in [1.807, 2.05) is 42.5 Å². The molecule has 0 N–H and O–H groups in total. The zero-order valence-corrected chi connectivity index (χ0v) is 12.5. The number of aryl methyl sites for hydroxylation is 1. The van der Waals surface area contributed by atoms with E-state index in [-0.39, 0.29) is 0 Å². The van der Waals surface area contributed by atoms with E-state index >= 15 is 0 Å². The van der Waals surface area contributed by atoms with Crippen LogP contribution in [0.25, 0.3) is 0 Å². The van der Waals surface area contributed by atoms with Gasteiger partial charge in [-0.15, -0.1) is 0 Å². The molecule has 0 atom stereocenters. The summed E-state index contributed by atoms with van der Waals surface area (Å²) in [5.74, 6) is 0.854. The number of halogens is 2. The summed E-state index contributed by atoms with van der Waals surface area (Å²) in [7, 11) is 0. The Morgan fingerprint density at radius 3 is 2.61 bits per heavy atom. The molecular weight excluding hydrogens is 312 g/mol. The highest BCUT2D eigenvalue weighted by Gasteiger charge is 2.03. The van der Waals surface area contributed by atoms with E-state index in [0.717, 1.165) is 32.8 Å². The lowest BCUT2D eigenvalue weighted by Crippen LogP contribution is -1.97. The first kappa shape index (κ1) is 13.4. The van der Waals surface area contributed by atoms with E-state index in [4.69, 9.17) is 16.3 Å². The van der Waals surface area contributed by atoms with Gasteiger partial charge in [0.05, 0.1) is 0 Å². The molecule has 0 unspecified atom stereocenters. The largest absolute Gasteiger partial charge is 0.489 e. The van der Waals surface area contributed by atoms with Crippen molar-refractivity contribution in [3.8, 4) is 5.75 Å². The lowest BCUT2D eigenvalue weighted by atomic mass is 10.1. The normalized spacial score (nSPS) is 10.4. The molecule has 0 saturated heterocycles. The molecule has 2 rings (SSSR count). The maximum atomic E-state index is 6.08. The smallest absolute Gasteiger partial charge is 0.120 e. The molecule has 0 radical (unpaired) electrons. The van der Waals surface area contributed by atoms with Crippen molar-refractivity contribution >= 4 is 27.5 Å². The van der Waals surface area contributed by atoms with Crippen molar-refractivity contribution in [2.45, 2.75) is 20.0 Å². The van der Waals surface area contributed by atoms with Gasteiger partial charge in [0.2, 0.25) is 0 Å². The quantitative estimate of drug-likeness (QED) is 0.746. The summed E-state index contributed by atoms with van der Waals surface area (Å²) in [6.07, 6.45) is 0.908. The molecule has 0 saturated carbocycles. The topological polar surface area (TPSA) is 9.23 Å². The van der Waals surface area contributed by atoms with Gasteiger partial charge in [-0.3, -0.25) is 0 Å². The fourth-order valence-corrected chi connectivity index (χ4v) is 2.34. The molecule has 0 aliphatic carbocycles. The van der Waals surface area contributed by atoms with Crippen molar-refractivity contribution in [2.75, 3.05) is 0 Å². The average Bonchev–Trinajstić information content (AvgIpc) is 2.39. The second-order valence-corrected chi connectivity index (χ2v) is 5.25. The number of rotatable bonds is 4. The summed E-state index contributed by atoms with van der Waals surface area (Å²) < 4.78 is 6.85. The van der Waals surface area contributed by atoms with Crippen LogP contribution in [0.3, 0.4) is 0 Å². The Kier molecular flexibility index (Phi) is 4.67. The molecule has 0 aliphatic rings. The van der Waals surface area contributed by atoms with E-state index in [1.54, 1.807) is 0 Å². The van der Waals surface area contributed by atoms with Crippen molar-refractivity contribution in [3.05, 3.63) is 63.1 Å². The average molecular weight is 326 g/mol. The number of ether oxygens (including phenoxy) is 1. The van der Waals surface area contributed by atoms with E-state index in [1.165, 1.54) is 0 Å². The van der Waals surface area contributed by atoms with Crippen LogP contribution in [0.1, 0.15) is 18.1 Å². The Hall–Kier alpha value is -0.990. The first-order valence-electron chi connectivity index (χ1n) is 5.85. The highest BCUT2D eigenvalue weighted by Crippen LogP contribution is 2.24. The summed E-state index contributed by atoms with van der Waals surface area (Å²) >= 11 is 9.58. The third kappa shape index (κ3) is 3.27. The van der Waals surface area contributed by atoms with Gasteiger partial charge in [-0.05, 0) is 36.2 Å². The van der Waals surface area contributed by atoms with Crippen LogP contribution in [-0.4, -0.2) is 0 Å². The van der Waals surface area contributed by atoms with Gasteiger partial charge in [0.15, 0.2) is 0 Å². The summed E-state index contributed by atoms with van der Waals surface area (Å²) in [5.41, 5.74) is 2.24. The minimum absolute atomic E-state index is 0.548. The molecule has 0 bridgehead atoms. The van der Waals surface area contributed by atoms with Crippen LogP contribution in [-0.2, 0) is 13.0 Å². The second-order valence-electron chi connectivity index (χ2n) is 3.99. The van der Waals surface area contributed by atoms with Crippen LogP contribution in [0.15, 0.2) is 46.9 Å². The highest BCUT2D eigenvalue weighted by atomic mass is 79.9. The van der Waals surface area contributed by atoms with E-state index in [9.17, 15) is 0 Å². The van der Waals surface area contributed by atoms with Crippen LogP contribution in [0.2, 0.25) is 5.02 Å². The van der Waals surface area contributed by atoms with E-state index < -0.39 is 0 Å². The van der Waals surface area contributed by atoms with Crippen molar-refractivity contribution in [1.82, 2.24) is 0 Å². The third-order valence-electron chi connectivity index (χ3n) is 2.75. The van der Waals surface area contributed by atoms with Crippen LogP contribution >= 0.6 is 27.5 Å². The van der Waals surface area contributed by atoms with E-state index in [0.29, 0.717) is 6.61 Å². The van der Waals surface area contributed by atoms with Crippen molar-refractivity contribution in [1.29, 1.82) is 0 Å². The zero-order chi connectivity index (χ0) is 13.0. The maximum Gasteiger partial charge on any atom is 0.120 e. The number of hydrogen-bond acceptors (Lipinski definition) is 1. The molecular formula is C15H14BrClO. The van der Waals surface area contributed by atoms with Crippen LogP contribution < -0.4 is 4.74 Å². The van der Waals surface area contributed by atoms with E-state index in [2.05, 4.69) is 22.9 Å². The monoisotopic (exact) mass is 324 g/mol. The van der Waals surface area contributed by atoms with Crippen LogP contribution in [0, 0.1) is 0 Å². The third-order valence-corrected chi connectivity index (χ3v) is 3.89. The minimum Gasteiger partial charge on any atom is -0.489 e. The summed E-state index contributed by atoms with van der Waals surface area (Å²) in [5, 5.41) is 0.797. The number of benzene rings is 2. The van der Waals surface area contributed by atoms with Gasteiger partial charge in [-0.1, -0.05) is 52.7 Å². The minimum atomic E-state index is 0.548. The Morgan fingerprint density at radius 1 is 1.11 bits per heavy atom. The van der Waals surface area contributed by atoms with Gasteiger partial charge in [-0.25, -0.2) is 0 Å². The van der Waals surface area contributed by atoms with Gasteiger partial charge in [0, 0.05) is 15.1 Å². The predicted octanol–water partition coefficient (Wildman–Crippen LogP) is 5.24. The fourth-order valence-electron chi connectivity index (χ4n) is 1.69. The van der Waals surface area contributed by atoms with Gasteiger partial charge in [0.25, 0.3) is 0 Å². The highest BCUT2D eigenvalue weighted by molar-refractivity contribution is 9.10. The molecule has 0 amide bonds.